The second-order valence-corrected chi connectivity index (χ2v) is 10.8. The maximum absolute atomic E-state index is 13.2. The standard InChI is InChI=1S/C30H32N4O4S/c1-19(2)14-25(28(32)35)34(30(37)38-18-20-8-4-3-5-9-20)17-21-12-13-22-16-27(39-26(22)15-21)29(36)33-24-11-7-6-10-23(24)31/h3-13,15-16,19,25H,14,17-18,31H2,1-2H3,(H2,32,35)(H,33,36)/t25-/m0/s1. The molecule has 9 heteroatoms. The number of primary amides is 1. The number of thiophene rings is 1. The fourth-order valence-electron chi connectivity index (χ4n) is 4.22. The van der Waals surface area contributed by atoms with Crippen LogP contribution in [0.3, 0.4) is 0 Å². The number of hydrogen-bond donors (Lipinski definition) is 3. The maximum atomic E-state index is 13.2. The average molecular weight is 545 g/mol. The molecule has 202 valence electrons. The fraction of sp³-hybridized carbons (Fsp3) is 0.233. The monoisotopic (exact) mass is 544 g/mol. The molecule has 5 N–H and O–H groups in total. The summed E-state index contributed by atoms with van der Waals surface area (Å²) >= 11 is 1.33. The predicted molar refractivity (Wildman–Crippen MR) is 155 cm³/mol. The molecular weight excluding hydrogens is 512 g/mol. The van der Waals surface area contributed by atoms with Crippen molar-refractivity contribution in [2.75, 3.05) is 11.1 Å². The first-order valence-electron chi connectivity index (χ1n) is 12.7. The lowest BCUT2D eigenvalue weighted by molar-refractivity contribution is -0.123. The molecule has 0 bridgehead atoms. The minimum absolute atomic E-state index is 0.0810. The number of nitrogens with one attached hydrogen (secondary N) is 1. The van der Waals surface area contributed by atoms with E-state index in [-0.39, 0.29) is 25.0 Å². The molecular formula is C30H32N4O4S. The van der Waals surface area contributed by atoms with E-state index in [1.54, 1.807) is 24.3 Å². The third kappa shape index (κ3) is 7.14. The molecule has 0 aliphatic heterocycles. The molecule has 0 aliphatic carbocycles. The van der Waals surface area contributed by atoms with E-state index in [1.807, 2.05) is 68.4 Å². The van der Waals surface area contributed by atoms with Crippen molar-refractivity contribution < 1.29 is 19.1 Å². The van der Waals surface area contributed by atoms with Crippen molar-refractivity contribution in [3.8, 4) is 0 Å². The van der Waals surface area contributed by atoms with E-state index >= 15 is 0 Å². The summed E-state index contributed by atoms with van der Waals surface area (Å²) in [6, 6.07) is 23.1. The lowest BCUT2D eigenvalue weighted by Crippen LogP contribution is -2.48. The van der Waals surface area contributed by atoms with E-state index in [0.29, 0.717) is 22.7 Å². The zero-order valence-electron chi connectivity index (χ0n) is 21.9. The Morgan fingerprint density at radius 3 is 2.36 bits per heavy atom. The topological polar surface area (TPSA) is 128 Å². The second-order valence-electron chi connectivity index (χ2n) is 9.74. The number of rotatable bonds is 10. The van der Waals surface area contributed by atoms with E-state index in [0.717, 1.165) is 21.2 Å². The number of anilines is 2. The van der Waals surface area contributed by atoms with Gasteiger partial charge in [-0.15, -0.1) is 11.3 Å². The Balaban J connectivity index is 1.56. The lowest BCUT2D eigenvalue weighted by Gasteiger charge is -2.30. The lowest BCUT2D eigenvalue weighted by atomic mass is 10.0. The second kappa shape index (κ2) is 12.4. The first kappa shape index (κ1) is 27.7. The molecule has 3 amide bonds. The highest BCUT2D eigenvalue weighted by atomic mass is 32.1. The Bertz CT molecular complexity index is 1470. The third-order valence-corrected chi connectivity index (χ3v) is 7.31. The number of hydrogen-bond acceptors (Lipinski definition) is 6. The summed E-state index contributed by atoms with van der Waals surface area (Å²) in [4.78, 5) is 40.5. The number of nitrogens with zero attached hydrogens (tertiary/aromatic N) is 1. The van der Waals surface area contributed by atoms with E-state index in [1.165, 1.54) is 16.2 Å². The number of nitrogen functional groups attached to an aromatic ring is 1. The van der Waals surface area contributed by atoms with Crippen molar-refractivity contribution in [3.05, 3.63) is 94.9 Å². The third-order valence-electron chi connectivity index (χ3n) is 6.21. The molecule has 0 fully saturated rings. The SMILES string of the molecule is CC(C)C[C@@H](C(N)=O)N(Cc1ccc2cc(C(=O)Nc3ccccc3N)sc2c1)C(=O)OCc1ccccc1. The van der Waals surface area contributed by atoms with Crippen LogP contribution >= 0.6 is 11.3 Å². The number of para-hydroxylation sites is 2. The Morgan fingerprint density at radius 2 is 1.67 bits per heavy atom. The normalized spacial score (nSPS) is 11.8. The van der Waals surface area contributed by atoms with Gasteiger partial charge in [0.2, 0.25) is 5.91 Å². The summed E-state index contributed by atoms with van der Waals surface area (Å²) in [6.45, 7) is 4.15. The minimum Gasteiger partial charge on any atom is -0.445 e. The van der Waals surface area contributed by atoms with Crippen LogP contribution in [0.15, 0.2) is 78.9 Å². The average Bonchev–Trinajstić information content (AvgIpc) is 3.34. The molecule has 0 saturated carbocycles. The summed E-state index contributed by atoms with van der Waals surface area (Å²) < 4.78 is 6.45. The van der Waals surface area contributed by atoms with Gasteiger partial charge in [0.15, 0.2) is 0 Å². The molecule has 0 unspecified atom stereocenters. The first-order chi connectivity index (χ1) is 18.7. The van der Waals surface area contributed by atoms with Gasteiger partial charge in [0.25, 0.3) is 5.91 Å². The molecule has 1 atom stereocenters. The van der Waals surface area contributed by atoms with E-state index in [9.17, 15) is 14.4 Å². The first-order valence-corrected chi connectivity index (χ1v) is 13.5. The van der Waals surface area contributed by atoms with Crippen molar-refractivity contribution in [3.63, 3.8) is 0 Å². The molecule has 4 rings (SSSR count). The smallest absolute Gasteiger partial charge is 0.411 e. The van der Waals surface area contributed by atoms with E-state index in [4.69, 9.17) is 16.2 Å². The highest BCUT2D eigenvalue weighted by molar-refractivity contribution is 7.20. The molecule has 0 radical (unpaired) electrons. The van der Waals surface area contributed by atoms with Crippen LogP contribution in [-0.4, -0.2) is 28.8 Å². The number of fused-ring (bicyclic) bond motifs is 1. The Morgan fingerprint density at radius 1 is 0.949 bits per heavy atom. The molecule has 0 spiro atoms. The quantitative estimate of drug-likeness (QED) is 0.218. The Kier molecular flexibility index (Phi) is 8.83. The van der Waals surface area contributed by atoms with Gasteiger partial charge in [-0.05, 0) is 53.1 Å². The molecule has 8 nitrogen and oxygen atoms in total. The van der Waals surface area contributed by atoms with Gasteiger partial charge in [0, 0.05) is 11.2 Å². The maximum Gasteiger partial charge on any atom is 0.411 e. The Hall–Kier alpha value is -4.37. The van der Waals surface area contributed by atoms with Crippen LogP contribution in [0.5, 0.6) is 0 Å². The molecule has 0 aliphatic rings. The number of amides is 3. The Labute approximate surface area is 231 Å². The summed E-state index contributed by atoms with van der Waals surface area (Å²) in [6.07, 6.45) is -0.209. The van der Waals surface area contributed by atoms with Gasteiger partial charge >= 0.3 is 6.09 Å². The highest BCUT2D eigenvalue weighted by Crippen LogP contribution is 2.29. The number of ether oxygens (including phenoxy) is 1. The van der Waals surface area contributed by atoms with Crippen LogP contribution in [0.4, 0.5) is 16.2 Å². The summed E-state index contributed by atoms with van der Waals surface area (Å²) in [5.41, 5.74) is 14.4. The van der Waals surface area contributed by atoms with Gasteiger partial charge in [0.1, 0.15) is 12.6 Å². The van der Waals surface area contributed by atoms with Crippen molar-refractivity contribution in [1.29, 1.82) is 0 Å². The van der Waals surface area contributed by atoms with Gasteiger partial charge < -0.3 is 21.5 Å². The minimum atomic E-state index is -0.829. The van der Waals surface area contributed by atoms with Gasteiger partial charge in [0.05, 0.1) is 16.3 Å². The van der Waals surface area contributed by atoms with Crippen LogP contribution < -0.4 is 16.8 Å². The summed E-state index contributed by atoms with van der Waals surface area (Å²) in [5.74, 6) is -0.712. The zero-order valence-corrected chi connectivity index (χ0v) is 22.7. The van der Waals surface area contributed by atoms with Crippen LogP contribution in [0, 0.1) is 5.92 Å². The van der Waals surface area contributed by atoms with E-state index in [2.05, 4.69) is 5.32 Å². The fourth-order valence-corrected chi connectivity index (χ4v) is 5.25. The summed E-state index contributed by atoms with van der Waals surface area (Å²) in [7, 11) is 0. The van der Waals surface area contributed by atoms with Crippen molar-refractivity contribution >= 4 is 50.7 Å². The van der Waals surface area contributed by atoms with Gasteiger partial charge in [-0.25, -0.2) is 4.79 Å². The molecule has 1 aromatic heterocycles. The van der Waals surface area contributed by atoms with Crippen molar-refractivity contribution in [2.45, 2.75) is 39.5 Å². The van der Waals surface area contributed by atoms with Gasteiger partial charge in [-0.3, -0.25) is 14.5 Å². The molecule has 39 heavy (non-hydrogen) atoms. The zero-order chi connectivity index (χ0) is 27.9. The number of carbonyl (C=O) groups is 3. The largest absolute Gasteiger partial charge is 0.445 e. The number of benzene rings is 3. The van der Waals surface area contributed by atoms with Gasteiger partial charge in [-0.1, -0.05) is 68.4 Å². The predicted octanol–water partition coefficient (Wildman–Crippen LogP) is 5.77. The van der Waals surface area contributed by atoms with Gasteiger partial charge in [-0.2, -0.15) is 0 Å². The summed E-state index contributed by atoms with van der Waals surface area (Å²) in [5, 5.41) is 3.74. The van der Waals surface area contributed by atoms with Crippen molar-refractivity contribution in [2.24, 2.45) is 11.7 Å². The molecule has 0 saturated heterocycles. The van der Waals surface area contributed by atoms with Crippen LogP contribution in [0.2, 0.25) is 0 Å². The number of nitrogens with two attached hydrogens (primary N) is 2. The van der Waals surface area contributed by atoms with Crippen LogP contribution in [-0.2, 0) is 22.7 Å². The molecule has 1 heterocycles. The molecule has 4 aromatic rings. The van der Waals surface area contributed by atoms with Crippen LogP contribution in [0.25, 0.3) is 10.1 Å². The highest BCUT2D eigenvalue weighted by Gasteiger charge is 2.30. The van der Waals surface area contributed by atoms with Crippen LogP contribution in [0.1, 0.15) is 41.1 Å². The van der Waals surface area contributed by atoms with E-state index < -0.39 is 18.0 Å². The van der Waals surface area contributed by atoms with Crippen molar-refractivity contribution in [1.82, 2.24) is 4.90 Å². The number of carbonyl (C=O) groups excluding carboxylic acids is 3. The molecule has 3 aromatic carbocycles.